The molecule has 0 radical (unpaired) electrons. The van der Waals surface area contributed by atoms with E-state index in [4.69, 9.17) is 51.8 Å². The van der Waals surface area contributed by atoms with E-state index in [1.54, 1.807) is 36.4 Å². The first-order valence-electron chi connectivity index (χ1n) is 9.10. The Morgan fingerprint density at radius 1 is 0.774 bits per heavy atom. The van der Waals surface area contributed by atoms with E-state index in [2.05, 4.69) is 16.0 Å². The molecule has 0 aromatic heterocycles. The third kappa shape index (κ3) is 7.29. The lowest BCUT2D eigenvalue weighted by molar-refractivity contribution is -0.114. The number of alkyl halides is 3. The fraction of sp³-hybridized carbons (Fsp3) is 0.0909. The van der Waals surface area contributed by atoms with Crippen LogP contribution in [0.4, 0.5) is 22.7 Å². The molecule has 3 rings (SSSR count). The average Bonchev–Trinajstić information content (AvgIpc) is 2.70. The van der Waals surface area contributed by atoms with Crippen LogP contribution < -0.4 is 20.7 Å². The third-order valence-corrected chi connectivity index (χ3v) is 4.86. The largest absolute Gasteiger partial charge is 0.432 e. The Bertz CT molecular complexity index is 1050. The maximum Gasteiger partial charge on any atom is 0.266 e. The number of hydrogen-bond donors (Lipinski definition) is 3. The van der Waals surface area contributed by atoms with Gasteiger partial charge < -0.3 is 20.7 Å². The normalized spacial score (nSPS) is 10.8. The van der Waals surface area contributed by atoms with Gasteiger partial charge in [-0.15, -0.1) is 0 Å². The van der Waals surface area contributed by atoms with Gasteiger partial charge in [0.15, 0.2) is 0 Å². The van der Waals surface area contributed by atoms with Gasteiger partial charge in [0.05, 0.1) is 0 Å². The summed E-state index contributed by atoms with van der Waals surface area (Å²) in [6.45, 7) is 1.45. The highest BCUT2D eigenvalue weighted by Crippen LogP contribution is 2.38. The Morgan fingerprint density at radius 3 is 1.74 bits per heavy atom. The van der Waals surface area contributed by atoms with Crippen LogP contribution in [0.3, 0.4) is 0 Å². The monoisotopic (exact) mass is 493 g/mol. The maximum absolute atomic E-state index is 11.1. The van der Waals surface area contributed by atoms with E-state index < -0.39 is 3.79 Å². The van der Waals surface area contributed by atoms with Crippen molar-refractivity contribution in [2.45, 2.75) is 10.7 Å². The lowest BCUT2D eigenvalue weighted by Gasteiger charge is -2.13. The Labute approximate surface area is 200 Å². The minimum absolute atomic E-state index is 0.136. The number of anilines is 4. The van der Waals surface area contributed by atoms with Crippen molar-refractivity contribution in [1.82, 2.24) is 0 Å². The molecule has 0 fully saturated rings. The SMILES string of the molecule is CC(=O)Nc1ccc(OC(=S)Nc2ccc(Nc3ccc(C(Cl)(Cl)Cl)cc3)cc2)cc1. The number of thiocarbonyl (C=S) groups is 1. The van der Waals surface area contributed by atoms with Crippen molar-refractivity contribution in [3.8, 4) is 5.75 Å². The van der Waals surface area contributed by atoms with Crippen LogP contribution in [-0.2, 0) is 8.59 Å². The van der Waals surface area contributed by atoms with Crippen LogP contribution in [0.1, 0.15) is 12.5 Å². The number of rotatable bonds is 5. The van der Waals surface area contributed by atoms with Crippen molar-refractivity contribution in [2.75, 3.05) is 16.0 Å². The molecule has 0 saturated heterocycles. The number of ether oxygens (including phenoxy) is 1. The summed E-state index contributed by atoms with van der Waals surface area (Å²) >= 11 is 22.9. The smallest absolute Gasteiger partial charge is 0.266 e. The van der Waals surface area contributed by atoms with Gasteiger partial charge in [-0.1, -0.05) is 46.9 Å². The van der Waals surface area contributed by atoms with Crippen LogP contribution in [0.25, 0.3) is 0 Å². The second kappa shape index (κ2) is 10.2. The zero-order chi connectivity index (χ0) is 22.4. The van der Waals surface area contributed by atoms with Crippen molar-refractivity contribution < 1.29 is 9.53 Å². The van der Waals surface area contributed by atoms with E-state index in [9.17, 15) is 4.79 Å². The van der Waals surface area contributed by atoms with Gasteiger partial charge in [0, 0.05) is 35.2 Å². The van der Waals surface area contributed by atoms with Gasteiger partial charge in [0.1, 0.15) is 5.75 Å². The summed E-state index contributed by atoms with van der Waals surface area (Å²) in [6, 6.07) is 21.6. The Kier molecular flexibility index (Phi) is 7.62. The van der Waals surface area contributed by atoms with Crippen LogP contribution in [0.15, 0.2) is 72.8 Å². The number of halogens is 3. The molecule has 0 spiro atoms. The summed E-state index contributed by atoms with van der Waals surface area (Å²) in [5.41, 5.74) is 3.80. The van der Waals surface area contributed by atoms with E-state index in [1.807, 2.05) is 36.4 Å². The van der Waals surface area contributed by atoms with E-state index in [0.717, 1.165) is 17.1 Å². The predicted octanol–water partition coefficient (Wildman–Crippen LogP) is 6.99. The zero-order valence-corrected chi connectivity index (χ0v) is 19.4. The first-order valence-corrected chi connectivity index (χ1v) is 10.6. The fourth-order valence-electron chi connectivity index (χ4n) is 2.61. The minimum atomic E-state index is -1.44. The number of carbonyl (C=O) groups is 1. The predicted molar refractivity (Wildman–Crippen MR) is 133 cm³/mol. The molecule has 9 heteroatoms. The van der Waals surface area contributed by atoms with Crippen LogP contribution in [-0.4, -0.2) is 11.1 Å². The standard InChI is InChI=1S/C22H18Cl3N3O2S/c1-14(29)26-16-10-12-20(13-11-16)30-21(31)28-19-8-6-18(7-9-19)27-17-4-2-15(3-5-17)22(23,24)25/h2-13,27H,1H3,(H,26,29)(H,28,31). The number of carbonyl (C=O) groups excluding carboxylic acids is 1. The van der Waals surface area contributed by atoms with Crippen LogP contribution in [0.2, 0.25) is 0 Å². The molecule has 1 amide bonds. The molecule has 0 heterocycles. The summed E-state index contributed by atoms with van der Waals surface area (Å²) < 4.78 is 4.16. The van der Waals surface area contributed by atoms with Crippen molar-refractivity contribution >= 4 is 80.9 Å². The fourth-order valence-corrected chi connectivity index (χ4v) is 3.20. The molecule has 0 saturated carbocycles. The summed E-state index contributed by atoms with van der Waals surface area (Å²) in [4.78, 5) is 11.1. The van der Waals surface area contributed by atoms with Gasteiger partial charge >= 0.3 is 0 Å². The lowest BCUT2D eigenvalue weighted by Crippen LogP contribution is -2.16. The van der Waals surface area contributed by atoms with Crippen LogP contribution >= 0.6 is 47.0 Å². The Hall–Kier alpha value is -2.51. The first kappa shape index (κ1) is 23.2. The van der Waals surface area contributed by atoms with Gasteiger partial charge in [-0.05, 0) is 72.9 Å². The van der Waals surface area contributed by atoms with E-state index in [-0.39, 0.29) is 11.1 Å². The van der Waals surface area contributed by atoms with Gasteiger partial charge in [-0.25, -0.2) is 0 Å². The first-order chi connectivity index (χ1) is 14.7. The molecule has 0 atom stereocenters. The van der Waals surface area contributed by atoms with Crippen LogP contribution in [0, 0.1) is 0 Å². The molecule has 3 N–H and O–H groups in total. The average molecular weight is 495 g/mol. The number of nitrogens with one attached hydrogen (secondary N) is 3. The molecule has 0 aliphatic carbocycles. The molecule has 0 unspecified atom stereocenters. The maximum atomic E-state index is 11.1. The molecule has 0 bridgehead atoms. The number of hydrogen-bond acceptors (Lipinski definition) is 4. The van der Waals surface area contributed by atoms with E-state index in [0.29, 0.717) is 17.0 Å². The molecule has 5 nitrogen and oxygen atoms in total. The summed E-state index contributed by atoms with van der Waals surface area (Å²) in [5, 5.41) is 9.19. The Balaban J connectivity index is 1.54. The van der Waals surface area contributed by atoms with E-state index in [1.165, 1.54) is 6.92 Å². The highest BCUT2D eigenvalue weighted by molar-refractivity contribution is 7.80. The van der Waals surface area contributed by atoms with Gasteiger partial charge in [-0.3, -0.25) is 4.79 Å². The topological polar surface area (TPSA) is 62.4 Å². The quantitative estimate of drug-likeness (QED) is 0.263. The second-order valence-electron chi connectivity index (χ2n) is 6.50. The van der Waals surface area contributed by atoms with Crippen molar-refractivity contribution in [3.05, 3.63) is 78.4 Å². The highest BCUT2D eigenvalue weighted by Gasteiger charge is 2.22. The third-order valence-electron chi connectivity index (χ3n) is 4.02. The van der Waals surface area contributed by atoms with Crippen molar-refractivity contribution in [2.24, 2.45) is 0 Å². The molecule has 0 aliphatic heterocycles. The molecular formula is C22H18Cl3N3O2S. The summed E-state index contributed by atoms with van der Waals surface area (Å²) in [6.07, 6.45) is 0. The van der Waals surface area contributed by atoms with Gasteiger partial charge in [0.2, 0.25) is 9.70 Å². The van der Waals surface area contributed by atoms with Gasteiger partial charge in [0.25, 0.3) is 5.17 Å². The van der Waals surface area contributed by atoms with Crippen LogP contribution in [0.5, 0.6) is 5.75 Å². The van der Waals surface area contributed by atoms with Gasteiger partial charge in [-0.2, -0.15) is 0 Å². The molecule has 3 aromatic rings. The number of amides is 1. The molecule has 31 heavy (non-hydrogen) atoms. The number of benzene rings is 3. The minimum Gasteiger partial charge on any atom is -0.432 e. The molecule has 160 valence electrons. The lowest BCUT2D eigenvalue weighted by atomic mass is 10.2. The molecular weight excluding hydrogens is 477 g/mol. The summed E-state index contributed by atoms with van der Waals surface area (Å²) in [5.74, 6) is 0.423. The Morgan fingerprint density at radius 2 is 1.23 bits per heavy atom. The highest BCUT2D eigenvalue weighted by atomic mass is 35.6. The summed E-state index contributed by atoms with van der Waals surface area (Å²) in [7, 11) is 0. The van der Waals surface area contributed by atoms with Crippen molar-refractivity contribution in [3.63, 3.8) is 0 Å². The molecule has 0 aliphatic rings. The van der Waals surface area contributed by atoms with Crippen molar-refractivity contribution in [1.29, 1.82) is 0 Å². The van der Waals surface area contributed by atoms with E-state index >= 15 is 0 Å². The second-order valence-corrected chi connectivity index (χ2v) is 9.15. The zero-order valence-electron chi connectivity index (χ0n) is 16.3. The molecule has 3 aromatic carbocycles.